The summed E-state index contributed by atoms with van der Waals surface area (Å²) in [7, 11) is 3.09. The Balaban J connectivity index is 1.83. The third-order valence-electron chi connectivity index (χ3n) is 3.84. The van der Waals surface area contributed by atoms with Gasteiger partial charge in [0.15, 0.2) is 18.1 Å². The predicted octanol–water partition coefficient (Wildman–Crippen LogP) is 3.14. The maximum Gasteiger partial charge on any atom is 0.331 e. The molecule has 0 aromatic heterocycles. The Morgan fingerprint density at radius 1 is 1.04 bits per heavy atom. The van der Waals surface area contributed by atoms with Gasteiger partial charge < -0.3 is 19.5 Å². The van der Waals surface area contributed by atoms with Crippen molar-refractivity contribution in [2.45, 2.75) is 13.0 Å². The molecule has 0 aliphatic carbocycles. The van der Waals surface area contributed by atoms with Crippen molar-refractivity contribution in [1.82, 2.24) is 5.32 Å². The Morgan fingerprint density at radius 2 is 1.74 bits per heavy atom. The monoisotopic (exact) mass is 369 g/mol. The standard InChI is InChI=1S/C21H23NO5/c1-15(17-7-5-4-6-8-17)22-20(23)14-27-21(24)12-10-16-9-11-18(25-2)19(13-16)26-3/h4-13,15H,14H2,1-3H3,(H,22,23)/b12-10+. The molecule has 1 N–H and O–H groups in total. The lowest BCUT2D eigenvalue weighted by Crippen LogP contribution is -2.30. The van der Waals surface area contributed by atoms with Crippen molar-refractivity contribution in [3.63, 3.8) is 0 Å². The number of benzene rings is 2. The van der Waals surface area contributed by atoms with E-state index in [0.29, 0.717) is 11.5 Å². The van der Waals surface area contributed by atoms with Crippen LogP contribution in [0.4, 0.5) is 0 Å². The van der Waals surface area contributed by atoms with E-state index in [1.807, 2.05) is 37.3 Å². The van der Waals surface area contributed by atoms with Crippen molar-refractivity contribution in [1.29, 1.82) is 0 Å². The van der Waals surface area contributed by atoms with Gasteiger partial charge in [-0.15, -0.1) is 0 Å². The van der Waals surface area contributed by atoms with Crippen LogP contribution in [0.15, 0.2) is 54.6 Å². The van der Waals surface area contributed by atoms with Crippen molar-refractivity contribution >= 4 is 18.0 Å². The summed E-state index contributed by atoms with van der Waals surface area (Å²) in [5.41, 5.74) is 1.72. The number of carbonyl (C=O) groups is 2. The highest BCUT2D eigenvalue weighted by Gasteiger charge is 2.10. The molecule has 1 atom stereocenters. The van der Waals surface area contributed by atoms with Crippen LogP contribution < -0.4 is 14.8 Å². The fourth-order valence-corrected chi connectivity index (χ4v) is 2.41. The zero-order valence-corrected chi connectivity index (χ0v) is 15.6. The van der Waals surface area contributed by atoms with Crippen molar-refractivity contribution < 1.29 is 23.8 Å². The number of amides is 1. The molecule has 27 heavy (non-hydrogen) atoms. The summed E-state index contributed by atoms with van der Waals surface area (Å²) in [5, 5.41) is 2.78. The molecule has 0 aliphatic heterocycles. The molecule has 0 fully saturated rings. The van der Waals surface area contributed by atoms with Crippen LogP contribution in [0.3, 0.4) is 0 Å². The molecule has 0 saturated carbocycles. The van der Waals surface area contributed by atoms with E-state index in [-0.39, 0.29) is 18.6 Å². The first-order chi connectivity index (χ1) is 13.0. The number of hydrogen-bond donors (Lipinski definition) is 1. The first-order valence-electron chi connectivity index (χ1n) is 8.44. The Morgan fingerprint density at radius 3 is 2.41 bits per heavy atom. The second-order valence-electron chi connectivity index (χ2n) is 5.76. The van der Waals surface area contributed by atoms with E-state index in [4.69, 9.17) is 14.2 Å². The molecular weight excluding hydrogens is 346 g/mol. The lowest BCUT2D eigenvalue weighted by Gasteiger charge is -2.14. The second-order valence-corrected chi connectivity index (χ2v) is 5.76. The van der Waals surface area contributed by atoms with Crippen molar-refractivity contribution in [3.8, 4) is 11.5 Å². The number of methoxy groups -OCH3 is 2. The average Bonchev–Trinajstić information content (AvgIpc) is 2.71. The minimum absolute atomic E-state index is 0.167. The van der Waals surface area contributed by atoms with Gasteiger partial charge in [0.1, 0.15) is 0 Å². The number of rotatable bonds is 8. The quantitative estimate of drug-likeness (QED) is 0.572. The van der Waals surface area contributed by atoms with Gasteiger partial charge in [0.25, 0.3) is 5.91 Å². The Kier molecular flexibility index (Phi) is 7.43. The third kappa shape index (κ3) is 6.18. The highest BCUT2D eigenvalue weighted by Crippen LogP contribution is 2.27. The molecule has 0 heterocycles. The highest BCUT2D eigenvalue weighted by atomic mass is 16.5. The number of nitrogens with one attached hydrogen (secondary N) is 1. The molecular formula is C21H23NO5. The van der Waals surface area contributed by atoms with E-state index in [9.17, 15) is 9.59 Å². The van der Waals surface area contributed by atoms with Gasteiger partial charge >= 0.3 is 5.97 Å². The van der Waals surface area contributed by atoms with Crippen LogP contribution in [0.2, 0.25) is 0 Å². The maximum atomic E-state index is 11.9. The van der Waals surface area contributed by atoms with Crippen LogP contribution in [0.1, 0.15) is 24.1 Å². The summed E-state index contributed by atoms with van der Waals surface area (Å²) in [4.78, 5) is 23.7. The molecule has 6 nitrogen and oxygen atoms in total. The van der Waals surface area contributed by atoms with Gasteiger partial charge in [-0.05, 0) is 36.3 Å². The topological polar surface area (TPSA) is 73.9 Å². The van der Waals surface area contributed by atoms with E-state index in [2.05, 4.69) is 5.32 Å². The fourth-order valence-electron chi connectivity index (χ4n) is 2.41. The Hall–Kier alpha value is -3.28. The van der Waals surface area contributed by atoms with Gasteiger partial charge in [-0.25, -0.2) is 4.79 Å². The van der Waals surface area contributed by atoms with Crippen molar-refractivity contribution in [2.75, 3.05) is 20.8 Å². The zero-order chi connectivity index (χ0) is 19.6. The normalized spacial score (nSPS) is 11.7. The first-order valence-corrected chi connectivity index (χ1v) is 8.44. The van der Waals surface area contributed by atoms with Gasteiger partial charge in [0.05, 0.1) is 20.3 Å². The van der Waals surface area contributed by atoms with Gasteiger partial charge in [-0.1, -0.05) is 36.4 Å². The molecule has 2 aromatic carbocycles. The summed E-state index contributed by atoms with van der Waals surface area (Å²) in [6.45, 7) is 1.53. The lowest BCUT2D eigenvalue weighted by molar-refractivity contribution is -0.144. The molecule has 0 radical (unpaired) electrons. The van der Waals surface area contributed by atoms with Gasteiger partial charge in [-0.3, -0.25) is 4.79 Å². The summed E-state index contributed by atoms with van der Waals surface area (Å²) in [5.74, 6) is 0.190. The Bertz CT molecular complexity index is 801. The molecule has 0 spiro atoms. The van der Waals surface area contributed by atoms with Crippen LogP contribution in [0.25, 0.3) is 6.08 Å². The average molecular weight is 369 g/mol. The minimum Gasteiger partial charge on any atom is -0.493 e. The van der Waals surface area contributed by atoms with Crippen molar-refractivity contribution in [2.24, 2.45) is 0 Å². The maximum absolute atomic E-state index is 11.9. The molecule has 2 aromatic rings. The largest absolute Gasteiger partial charge is 0.493 e. The molecule has 6 heteroatoms. The van der Waals surface area contributed by atoms with Crippen LogP contribution in [-0.4, -0.2) is 32.7 Å². The molecule has 2 rings (SSSR count). The van der Waals surface area contributed by atoms with Gasteiger partial charge in [0.2, 0.25) is 0 Å². The molecule has 0 saturated heterocycles. The number of esters is 1. The molecule has 142 valence electrons. The second kappa shape index (κ2) is 10.0. The lowest BCUT2D eigenvalue weighted by atomic mass is 10.1. The van der Waals surface area contributed by atoms with Crippen LogP contribution in [0.5, 0.6) is 11.5 Å². The summed E-state index contributed by atoms with van der Waals surface area (Å²) < 4.78 is 15.3. The minimum atomic E-state index is -0.604. The summed E-state index contributed by atoms with van der Waals surface area (Å²) in [6, 6.07) is 14.6. The zero-order valence-electron chi connectivity index (χ0n) is 15.6. The van der Waals surface area contributed by atoms with Crippen LogP contribution >= 0.6 is 0 Å². The molecule has 1 unspecified atom stereocenters. The van der Waals surface area contributed by atoms with E-state index >= 15 is 0 Å². The van der Waals surface area contributed by atoms with Gasteiger partial charge in [0, 0.05) is 6.08 Å². The highest BCUT2D eigenvalue weighted by molar-refractivity contribution is 5.89. The number of hydrogen-bond acceptors (Lipinski definition) is 5. The van der Waals surface area contributed by atoms with Crippen LogP contribution in [-0.2, 0) is 14.3 Å². The van der Waals surface area contributed by atoms with Crippen molar-refractivity contribution in [3.05, 3.63) is 65.7 Å². The Labute approximate surface area is 158 Å². The summed E-state index contributed by atoms with van der Waals surface area (Å²) >= 11 is 0. The fraction of sp³-hybridized carbons (Fsp3) is 0.238. The smallest absolute Gasteiger partial charge is 0.331 e. The van der Waals surface area contributed by atoms with Gasteiger partial charge in [-0.2, -0.15) is 0 Å². The molecule has 0 bridgehead atoms. The summed E-state index contributed by atoms with van der Waals surface area (Å²) in [6.07, 6.45) is 2.84. The SMILES string of the molecule is COc1ccc(/C=C/C(=O)OCC(=O)NC(C)c2ccccc2)cc1OC. The van der Waals surface area contributed by atoms with E-state index in [0.717, 1.165) is 11.1 Å². The third-order valence-corrected chi connectivity index (χ3v) is 3.84. The predicted molar refractivity (Wildman–Crippen MR) is 103 cm³/mol. The molecule has 0 aliphatic rings. The number of carbonyl (C=O) groups excluding carboxylic acids is 2. The first kappa shape index (κ1) is 20.0. The number of ether oxygens (including phenoxy) is 3. The van der Waals surface area contributed by atoms with E-state index < -0.39 is 5.97 Å². The van der Waals surface area contributed by atoms with E-state index in [1.165, 1.54) is 13.2 Å². The molecule has 1 amide bonds. The van der Waals surface area contributed by atoms with Crippen LogP contribution in [0, 0.1) is 0 Å². The van der Waals surface area contributed by atoms with E-state index in [1.54, 1.807) is 31.4 Å².